The van der Waals surface area contributed by atoms with E-state index in [0.717, 1.165) is 17.5 Å². The van der Waals surface area contributed by atoms with Gasteiger partial charge in [-0.2, -0.15) is 0 Å². The van der Waals surface area contributed by atoms with Crippen LogP contribution < -0.4 is 5.32 Å². The van der Waals surface area contributed by atoms with Crippen LogP contribution in [0.4, 0.5) is 0 Å². The molecule has 1 aliphatic heterocycles. The van der Waals surface area contributed by atoms with Gasteiger partial charge in [-0.05, 0) is 23.6 Å². The van der Waals surface area contributed by atoms with Gasteiger partial charge in [-0.15, -0.1) is 0 Å². The zero-order chi connectivity index (χ0) is 11.7. The standard InChI is InChI=1S/C14H12N2O/c17-14-12-9-15-7-6-11(12)8-13(16-14)10-4-2-1-3-5-10/h1-7,9,13H,8H2,(H,16,17)/t13-/m1/s1. The van der Waals surface area contributed by atoms with Crippen LogP contribution in [0, 0.1) is 0 Å². The normalized spacial score (nSPS) is 18.4. The largest absolute Gasteiger partial charge is 0.345 e. The molecule has 0 spiro atoms. The predicted octanol–water partition coefficient (Wildman–Crippen LogP) is 2.11. The average molecular weight is 224 g/mol. The summed E-state index contributed by atoms with van der Waals surface area (Å²) in [6.07, 6.45) is 4.19. The molecule has 1 aromatic carbocycles. The number of nitrogens with zero attached hydrogens (tertiary/aromatic N) is 1. The van der Waals surface area contributed by atoms with E-state index in [1.807, 2.05) is 36.4 Å². The van der Waals surface area contributed by atoms with E-state index in [-0.39, 0.29) is 11.9 Å². The molecule has 1 aliphatic rings. The zero-order valence-electron chi connectivity index (χ0n) is 9.26. The smallest absolute Gasteiger partial charge is 0.253 e. The van der Waals surface area contributed by atoms with Crippen LogP contribution in [0.15, 0.2) is 48.8 Å². The van der Waals surface area contributed by atoms with E-state index in [1.165, 1.54) is 0 Å². The molecule has 2 aromatic rings. The summed E-state index contributed by atoms with van der Waals surface area (Å²) in [6.45, 7) is 0. The van der Waals surface area contributed by atoms with Gasteiger partial charge in [0.1, 0.15) is 0 Å². The maximum absolute atomic E-state index is 11.9. The Morgan fingerprint density at radius 3 is 2.82 bits per heavy atom. The molecule has 2 heterocycles. The summed E-state index contributed by atoms with van der Waals surface area (Å²) in [4.78, 5) is 15.9. The summed E-state index contributed by atoms with van der Waals surface area (Å²) >= 11 is 0. The molecule has 3 nitrogen and oxygen atoms in total. The minimum atomic E-state index is -0.0341. The van der Waals surface area contributed by atoms with Gasteiger partial charge in [0.2, 0.25) is 0 Å². The number of pyridine rings is 1. The van der Waals surface area contributed by atoms with Crippen LogP contribution >= 0.6 is 0 Å². The van der Waals surface area contributed by atoms with Crippen molar-refractivity contribution >= 4 is 5.91 Å². The van der Waals surface area contributed by atoms with Gasteiger partial charge in [-0.1, -0.05) is 30.3 Å². The fourth-order valence-electron chi connectivity index (χ4n) is 2.20. The molecule has 1 aromatic heterocycles. The van der Waals surface area contributed by atoms with Gasteiger partial charge in [-0.25, -0.2) is 0 Å². The Balaban J connectivity index is 1.97. The van der Waals surface area contributed by atoms with Crippen molar-refractivity contribution < 1.29 is 4.79 Å². The molecular weight excluding hydrogens is 212 g/mol. The SMILES string of the molecule is O=C1N[C@@H](c2ccccc2)Cc2ccncc21. The number of hydrogen-bond donors (Lipinski definition) is 1. The van der Waals surface area contributed by atoms with E-state index >= 15 is 0 Å². The number of rotatable bonds is 1. The Kier molecular flexibility index (Phi) is 2.37. The lowest BCUT2D eigenvalue weighted by atomic mass is 9.92. The number of nitrogens with one attached hydrogen (secondary N) is 1. The van der Waals surface area contributed by atoms with Gasteiger partial charge < -0.3 is 5.32 Å². The molecule has 0 bridgehead atoms. The highest BCUT2D eigenvalue weighted by Gasteiger charge is 2.24. The zero-order valence-corrected chi connectivity index (χ0v) is 9.26. The van der Waals surface area contributed by atoms with Crippen LogP contribution in [0.3, 0.4) is 0 Å². The molecule has 0 radical (unpaired) electrons. The van der Waals surface area contributed by atoms with Crippen molar-refractivity contribution in [2.45, 2.75) is 12.5 Å². The summed E-state index contributed by atoms with van der Waals surface area (Å²) in [5.74, 6) is -0.0341. The number of carbonyl (C=O) groups excluding carboxylic acids is 1. The van der Waals surface area contributed by atoms with Crippen LogP contribution in [-0.2, 0) is 6.42 Å². The number of amides is 1. The second kappa shape index (κ2) is 4.01. The van der Waals surface area contributed by atoms with Gasteiger partial charge in [0.25, 0.3) is 5.91 Å². The lowest BCUT2D eigenvalue weighted by Gasteiger charge is -2.25. The molecule has 3 rings (SSSR count). The molecular formula is C14H12N2O. The van der Waals surface area contributed by atoms with Crippen molar-refractivity contribution in [1.29, 1.82) is 0 Å². The molecule has 1 atom stereocenters. The monoisotopic (exact) mass is 224 g/mol. The molecule has 0 fully saturated rings. The first kappa shape index (κ1) is 10.0. The average Bonchev–Trinajstić information content (AvgIpc) is 2.40. The first-order valence-electron chi connectivity index (χ1n) is 5.63. The fraction of sp³-hybridized carbons (Fsp3) is 0.143. The quantitative estimate of drug-likeness (QED) is 0.806. The highest BCUT2D eigenvalue weighted by atomic mass is 16.1. The Bertz CT molecular complexity index is 551. The Hall–Kier alpha value is -2.16. The highest BCUT2D eigenvalue weighted by molar-refractivity contribution is 5.96. The van der Waals surface area contributed by atoms with Crippen molar-refractivity contribution in [3.63, 3.8) is 0 Å². The molecule has 17 heavy (non-hydrogen) atoms. The van der Waals surface area contributed by atoms with E-state index in [0.29, 0.717) is 5.56 Å². The van der Waals surface area contributed by atoms with Crippen LogP contribution in [0.2, 0.25) is 0 Å². The minimum absolute atomic E-state index is 0.0341. The third-order valence-corrected chi connectivity index (χ3v) is 3.09. The van der Waals surface area contributed by atoms with Gasteiger partial charge in [0.05, 0.1) is 11.6 Å². The lowest BCUT2D eigenvalue weighted by molar-refractivity contribution is 0.0924. The van der Waals surface area contributed by atoms with Crippen LogP contribution in [0.5, 0.6) is 0 Å². The molecule has 1 N–H and O–H groups in total. The highest BCUT2D eigenvalue weighted by Crippen LogP contribution is 2.24. The maximum atomic E-state index is 11.9. The first-order valence-corrected chi connectivity index (χ1v) is 5.63. The van der Waals surface area contributed by atoms with E-state index in [2.05, 4.69) is 10.3 Å². The number of benzene rings is 1. The second-order valence-electron chi connectivity index (χ2n) is 4.17. The lowest BCUT2D eigenvalue weighted by Crippen LogP contribution is -2.35. The van der Waals surface area contributed by atoms with Crippen LogP contribution in [0.1, 0.15) is 27.5 Å². The summed E-state index contributed by atoms with van der Waals surface area (Å²) in [5.41, 5.74) is 2.90. The van der Waals surface area contributed by atoms with Crippen molar-refractivity contribution in [1.82, 2.24) is 10.3 Å². The van der Waals surface area contributed by atoms with Crippen LogP contribution in [0.25, 0.3) is 0 Å². The predicted molar refractivity (Wildman–Crippen MR) is 64.6 cm³/mol. The maximum Gasteiger partial charge on any atom is 0.253 e. The molecule has 3 heteroatoms. The van der Waals surface area contributed by atoms with E-state index < -0.39 is 0 Å². The summed E-state index contributed by atoms with van der Waals surface area (Å²) in [6, 6.07) is 12.0. The minimum Gasteiger partial charge on any atom is -0.345 e. The molecule has 0 saturated carbocycles. The molecule has 0 aliphatic carbocycles. The number of carbonyl (C=O) groups is 1. The number of fused-ring (bicyclic) bond motifs is 1. The van der Waals surface area contributed by atoms with Gasteiger partial charge in [-0.3, -0.25) is 9.78 Å². The van der Waals surface area contributed by atoms with Gasteiger partial charge in [0, 0.05) is 12.4 Å². The Morgan fingerprint density at radius 2 is 2.00 bits per heavy atom. The molecule has 0 saturated heterocycles. The van der Waals surface area contributed by atoms with E-state index in [4.69, 9.17) is 0 Å². The second-order valence-corrected chi connectivity index (χ2v) is 4.17. The first-order chi connectivity index (χ1) is 8.34. The molecule has 84 valence electrons. The third-order valence-electron chi connectivity index (χ3n) is 3.09. The van der Waals surface area contributed by atoms with Crippen molar-refractivity contribution in [3.8, 4) is 0 Å². The van der Waals surface area contributed by atoms with Crippen LogP contribution in [-0.4, -0.2) is 10.9 Å². The number of hydrogen-bond acceptors (Lipinski definition) is 2. The number of aromatic nitrogens is 1. The molecule has 0 unspecified atom stereocenters. The molecule has 1 amide bonds. The van der Waals surface area contributed by atoms with Gasteiger partial charge in [0.15, 0.2) is 0 Å². The Labute approximate surface area is 99.5 Å². The van der Waals surface area contributed by atoms with E-state index in [9.17, 15) is 4.79 Å². The fourth-order valence-corrected chi connectivity index (χ4v) is 2.20. The Morgan fingerprint density at radius 1 is 1.18 bits per heavy atom. The van der Waals surface area contributed by atoms with Crippen molar-refractivity contribution in [2.75, 3.05) is 0 Å². The van der Waals surface area contributed by atoms with Gasteiger partial charge >= 0.3 is 0 Å². The topological polar surface area (TPSA) is 42.0 Å². The summed E-state index contributed by atoms with van der Waals surface area (Å²) in [5, 5.41) is 3.01. The van der Waals surface area contributed by atoms with Crippen molar-refractivity contribution in [3.05, 3.63) is 65.5 Å². The third kappa shape index (κ3) is 1.80. The summed E-state index contributed by atoms with van der Waals surface area (Å²) < 4.78 is 0. The van der Waals surface area contributed by atoms with Crippen molar-refractivity contribution in [2.24, 2.45) is 0 Å². The summed E-state index contributed by atoms with van der Waals surface area (Å²) in [7, 11) is 0. The van der Waals surface area contributed by atoms with E-state index in [1.54, 1.807) is 12.4 Å².